The van der Waals surface area contributed by atoms with Crippen molar-refractivity contribution in [2.24, 2.45) is 10.8 Å². The second-order valence-electron chi connectivity index (χ2n) is 6.00. The standard InChI is InChI=1S/C19H21N5O/c1-19(2,13-7-5-4-6-8-13)14-9-10-17(25-3)15(11-14)23-24-16(12-20)18(21)22/h4-11,23H,1-3H3,(H3,21,22)/b24-16+. The molecule has 25 heavy (non-hydrogen) atoms. The molecule has 0 aliphatic heterocycles. The molecule has 4 N–H and O–H groups in total. The Balaban J connectivity index is 2.44. The van der Waals surface area contributed by atoms with Gasteiger partial charge in [0, 0.05) is 5.41 Å². The summed E-state index contributed by atoms with van der Waals surface area (Å²) in [6.45, 7) is 4.26. The van der Waals surface area contributed by atoms with Gasteiger partial charge in [0.15, 0.2) is 5.84 Å². The minimum absolute atomic E-state index is 0.185. The van der Waals surface area contributed by atoms with Crippen LogP contribution in [0.3, 0.4) is 0 Å². The Bertz CT molecular complexity index is 835. The number of amidine groups is 1. The average molecular weight is 335 g/mol. The third kappa shape index (κ3) is 3.96. The van der Waals surface area contributed by atoms with Gasteiger partial charge in [0.25, 0.3) is 0 Å². The lowest BCUT2D eigenvalue weighted by molar-refractivity contribution is 0.416. The van der Waals surface area contributed by atoms with Crippen molar-refractivity contribution in [3.63, 3.8) is 0 Å². The number of nitrogens with zero attached hydrogens (tertiary/aromatic N) is 2. The first-order valence-corrected chi connectivity index (χ1v) is 7.72. The van der Waals surface area contributed by atoms with Gasteiger partial charge in [-0.25, -0.2) is 0 Å². The molecule has 0 saturated carbocycles. The van der Waals surface area contributed by atoms with E-state index < -0.39 is 5.84 Å². The monoisotopic (exact) mass is 335 g/mol. The van der Waals surface area contributed by atoms with E-state index in [1.54, 1.807) is 13.2 Å². The zero-order valence-corrected chi connectivity index (χ0v) is 14.5. The maximum Gasteiger partial charge on any atom is 0.201 e. The Hall–Kier alpha value is -3.33. The minimum atomic E-state index is -0.394. The normalized spacial score (nSPS) is 11.5. The number of nitrogens with one attached hydrogen (secondary N) is 2. The fourth-order valence-corrected chi connectivity index (χ4v) is 2.47. The van der Waals surface area contributed by atoms with Gasteiger partial charge in [0.1, 0.15) is 11.8 Å². The van der Waals surface area contributed by atoms with E-state index >= 15 is 0 Å². The van der Waals surface area contributed by atoms with Crippen molar-refractivity contribution in [2.45, 2.75) is 19.3 Å². The topological polar surface area (TPSA) is 107 Å². The van der Waals surface area contributed by atoms with E-state index in [9.17, 15) is 0 Å². The Morgan fingerprint density at radius 2 is 1.88 bits per heavy atom. The van der Waals surface area contributed by atoms with Gasteiger partial charge in [-0.15, -0.1) is 0 Å². The van der Waals surface area contributed by atoms with Crippen molar-refractivity contribution in [3.8, 4) is 11.8 Å². The molecule has 6 heteroatoms. The van der Waals surface area contributed by atoms with Crippen molar-refractivity contribution in [2.75, 3.05) is 12.5 Å². The molecule has 0 unspecified atom stereocenters. The Morgan fingerprint density at radius 3 is 2.44 bits per heavy atom. The lowest BCUT2D eigenvalue weighted by atomic mass is 9.78. The molecule has 0 atom stereocenters. The van der Waals surface area contributed by atoms with Gasteiger partial charge in [0.2, 0.25) is 5.71 Å². The molecule has 0 heterocycles. The molecule has 0 fully saturated rings. The zero-order valence-electron chi connectivity index (χ0n) is 14.5. The first-order valence-electron chi connectivity index (χ1n) is 7.72. The lowest BCUT2D eigenvalue weighted by Crippen LogP contribution is -2.22. The highest BCUT2D eigenvalue weighted by atomic mass is 16.5. The maximum absolute atomic E-state index is 8.96. The van der Waals surface area contributed by atoms with Crippen molar-refractivity contribution in [3.05, 3.63) is 59.7 Å². The largest absolute Gasteiger partial charge is 0.495 e. The number of rotatable bonds is 6. The van der Waals surface area contributed by atoms with Crippen molar-refractivity contribution >= 4 is 17.2 Å². The molecule has 128 valence electrons. The van der Waals surface area contributed by atoms with Crippen LogP contribution in [0, 0.1) is 16.7 Å². The highest BCUT2D eigenvalue weighted by Gasteiger charge is 2.24. The van der Waals surface area contributed by atoms with Crippen LogP contribution >= 0.6 is 0 Å². The number of ether oxygens (including phenoxy) is 1. The van der Waals surface area contributed by atoms with Gasteiger partial charge >= 0.3 is 0 Å². The first-order chi connectivity index (χ1) is 11.9. The average Bonchev–Trinajstić information content (AvgIpc) is 2.62. The summed E-state index contributed by atoms with van der Waals surface area (Å²) in [4.78, 5) is 0. The zero-order chi connectivity index (χ0) is 18.4. The fraction of sp³-hybridized carbons (Fsp3) is 0.211. The van der Waals surface area contributed by atoms with Crippen LogP contribution in [0.15, 0.2) is 53.6 Å². The summed E-state index contributed by atoms with van der Waals surface area (Å²) >= 11 is 0. The summed E-state index contributed by atoms with van der Waals surface area (Å²) < 4.78 is 5.35. The second-order valence-corrected chi connectivity index (χ2v) is 6.00. The summed E-state index contributed by atoms with van der Waals surface area (Å²) in [6.07, 6.45) is 0. The number of hydrogen-bond acceptors (Lipinski definition) is 5. The van der Waals surface area contributed by atoms with Crippen LogP contribution < -0.4 is 15.9 Å². The summed E-state index contributed by atoms with van der Waals surface area (Å²) in [7, 11) is 1.56. The van der Waals surface area contributed by atoms with Crippen LogP contribution in [0.4, 0.5) is 5.69 Å². The molecule has 0 bridgehead atoms. The summed E-state index contributed by atoms with van der Waals surface area (Å²) in [5.74, 6) is 0.187. The first kappa shape index (κ1) is 18.0. The van der Waals surface area contributed by atoms with E-state index in [2.05, 4.69) is 36.5 Å². The van der Waals surface area contributed by atoms with Crippen molar-refractivity contribution < 1.29 is 4.74 Å². The van der Waals surface area contributed by atoms with E-state index in [-0.39, 0.29) is 11.1 Å². The molecule has 0 amide bonds. The van der Waals surface area contributed by atoms with Gasteiger partial charge in [-0.3, -0.25) is 10.8 Å². The number of methoxy groups -OCH3 is 1. The van der Waals surface area contributed by atoms with Crippen LogP contribution in [-0.2, 0) is 5.41 Å². The van der Waals surface area contributed by atoms with Crippen LogP contribution in [0.1, 0.15) is 25.0 Å². The molecular formula is C19H21N5O. The summed E-state index contributed by atoms with van der Waals surface area (Å²) in [5, 5.41) is 20.2. The van der Waals surface area contributed by atoms with E-state index in [0.717, 1.165) is 5.56 Å². The van der Waals surface area contributed by atoms with Crippen molar-refractivity contribution in [1.29, 1.82) is 10.7 Å². The molecule has 0 saturated heterocycles. The van der Waals surface area contributed by atoms with E-state index in [0.29, 0.717) is 11.4 Å². The molecule has 2 rings (SSSR count). The van der Waals surface area contributed by atoms with E-state index in [1.807, 2.05) is 36.4 Å². The predicted molar refractivity (Wildman–Crippen MR) is 100 cm³/mol. The van der Waals surface area contributed by atoms with Gasteiger partial charge in [-0.1, -0.05) is 50.2 Å². The maximum atomic E-state index is 8.96. The van der Waals surface area contributed by atoms with Crippen LogP contribution in [0.25, 0.3) is 0 Å². The number of benzene rings is 2. The van der Waals surface area contributed by atoms with Gasteiger partial charge < -0.3 is 10.5 Å². The van der Waals surface area contributed by atoms with Gasteiger partial charge in [-0.05, 0) is 23.3 Å². The molecular weight excluding hydrogens is 314 g/mol. The Kier molecular flexibility index (Phi) is 5.40. The highest BCUT2D eigenvalue weighted by Crippen LogP contribution is 2.35. The fourth-order valence-electron chi connectivity index (χ4n) is 2.47. The third-order valence-electron chi connectivity index (χ3n) is 4.07. The molecule has 6 nitrogen and oxygen atoms in total. The van der Waals surface area contributed by atoms with Gasteiger partial charge in [-0.2, -0.15) is 10.4 Å². The van der Waals surface area contributed by atoms with Crippen LogP contribution in [0.2, 0.25) is 0 Å². The molecule has 0 radical (unpaired) electrons. The quantitative estimate of drug-likeness (QED) is 0.428. The smallest absolute Gasteiger partial charge is 0.201 e. The predicted octanol–water partition coefficient (Wildman–Crippen LogP) is 3.25. The van der Waals surface area contributed by atoms with E-state index in [1.165, 1.54) is 5.56 Å². The molecule has 0 aliphatic carbocycles. The lowest BCUT2D eigenvalue weighted by Gasteiger charge is -2.27. The SMILES string of the molecule is COc1ccc(C(C)(C)c2ccccc2)cc1N/N=C(\C#N)C(=N)N. The van der Waals surface area contributed by atoms with Crippen LogP contribution in [-0.4, -0.2) is 18.7 Å². The van der Waals surface area contributed by atoms with Gasteiger partial charge in [0.05, 0.1) is 12.8 Å². The number of anilines is 1. The Labute approximate surface area is 147 Å². The molecule has 0 spiro atoms. The minimum Gasteiger partial charge on any atom is -0.495 e. The van der Waals surface area contributed by atoms with Crippen molar-refractivity contribution in [1.82, 2.24) is 0 Å². The molecule has 0 aliphatic rings. The number of nitriles is 1. The molecule has 0 aromatic heterocycles. The Morgan fingerprint density at radius 1 is 1.20 bits per heavy atom. The molecule has 2 aromatic rings. The molecule has 2 aromatic carbocycles. The van der Waals surface area contributed by atoms with Crippen LogP contribution in [0.5, 0.6) is 5.75 Å². The second kappa shape index (κ2) is 7.49. The number of nitrogens with two attached hydrogens (primary N) is 1. The van der Waals surface area contributed by atoms with E-state index in [4.69, 9.17) is 21.1 Å². The summed E-state index contributed by atoms with van der Waals surface area (Å²) in [5.41, 5.74) is 10.5. The third-order valence-corrected chi connectivity index (χ3v) is 4.07. The summed E-state index contributed by atoms with van der Waals surface area (Å²) in [6, 6.07) is 17.7. The highest BCUT2D eigenvalue weighted by molar-refractivity contribution is 6.45. The number of hydrazone groups is 1. The number of hydrogen-bond donors (Lipinski definition) is 3.